The molecule has 3 heterocycles. The van der Waals surface area contributed by atoms with Crippen molar-refractivity contribution in [3.8, 4) is 16.9 Å². The van der Waals surface area contributed by atoms with Gasteiger partial charge in [-0.3, -0.25) is 4.57 Å². The van der Waals surface area contributed by atoms with E-state index in [1.165, 1.54) is 44.2 Å². The number of aromatic nitrogens is 2. The van der Waals surface area contributed by atoms with Gasteiger partial charge in [0.1, 0.15) is 5.82 Å². The predicted octanol–water partition coefficient (Wildman–Crippen LogP) is 13.6. The highest BCUT2D eigenvalue weighted by Gasteiger charge is 2.32. The lowest BCUT2D eigenvalue weighted by molar-refractivity contribution is 0.156. The summed E-state index contributed by atoms with van der Waals surface area (Å²) in [4.78, 5) is 11.6. The Morgan fingerprint density at radius 1 is 0.527 bits per heavy atom. The molecule has 2 aromatic heterocycles. The second-order valence-electron chi connectivity index (χ2n) is 15.8. The lowest BCUT2D eigenvalue weighted by atomic mass is 9.77. The maximum absolute atomic E-state index is 6.57. The van der Waals surface area contributed by atoms with Crippen molar-refractivity contribution in [2.45, 2.75) is 58.8 Å². The van der Waals surface area contributed by atoms with E-state index in [1.54, 1.807) is 0 Å². The lowest BCUT2D eigenvalue weighted by Gasteiger charge is -2.28. The van der Waals surface area contributed by atoms with Crippen molar-refractivity contribution in [3.63, 3.8) is 0 Å². The molecule has 0 amide bonds. The van der Waals surface area contributed by atoms with Crippen LogP contribution in [0.5, 0.6) is 0 Å². The third-order valence-electron chi connectivity index (χ3n) is 11.3. The van der Waals surface area contributed by atoms with Crippen LogP contribution < -0.4 is 10.1 Å². The molecule has 5 heteroatoms. The molecule has 8 aromatic rings. The number of pyridine rings is 1. The highest BCUT2D eigenvalue weighted by molar-refractivity contribution is 6.09. The SMILES string of the molecule is CC(C)c1cccc(C(C)C)c1-c1ccnc(-n2c3ccccc3c3ccc(C(C)(C)c4cccc(N5ON(c6ccccc6)c6ccccc65)c4)cc32)c1. The van der Waals surface area contributed by atoms with Crippen LogP contribution in [0.1, 0.15) is 75.6 Å². The average molecular weight is 719 g/mol. The van der Waals surface area contributed by atoms with Crippen LogP contribution in [-0.4, -0.2) is 9.55 Å². The van der Waals surface area contributed by atoms with Crippen LogP contribution in [0.4, 0.5) is 22.7 Å². The summed E-state index contributed by atoms with van der Waals surface area (Å²) < 4.78 is 2.35. The quantitative estimate of drug-likeness (QED) is 0.157. The van der Waals surface area contributed by atoms with Gasteiger partial charge in [0.05, 0.1) is 33.8 Å². The van der Waals surface area contributed by atoms with E-state index >= 15 is 0 Å². The van der Waals surface area contributed by atoms with Crippen LogP contribution >= 0.6 is 0 Å². The zero-order valence-electron chi connectivity index (χ0n) is 32.4. The van der Waals surface area contributed by atoms with Gasteiger partial charge in [0.15, 0.2) is 0 Å². The molecular formula is C50H46N4O. The molecular weight excluding hydrogens is 673 g/mol. The van der Waals surface area contributed by atoms with Crippen LogP contribution in [0.2, 0.25) is 0 Å². The second kappa shape index (κ2) is 13.6. The minimum absolute atomic E-state index is 0.332. The first kappa shape index (κ1) is 34.6. The van der Waals surface area contributed by atoms with Crippen molar-refractivity contribution < 1.29 is 4.94 Å². The van der Waals surface area contributed by atoms with Crippen molar-refractivity contribution in [1.29, 1.82) is 0 Å². The molecule has 272 valence electrons. The summed E-state index contributed by atoms with van der Waals surface area (Å²) in [5, 5.41) is 6.26. The maximum atomic E-state index is 6.57. The van der Waals surface area contributed by atoms with Gasteiger partial charge in [-0.1, -0.05) is 133 Å². The van der Waals surface area contributed by atoms with Gasteiger partial charge >= 0.3 is 0 Å². The summed E-state index contributed by atoms with van der Waals surface area (Å²) in [6.07, 6.45) is 1.98. The van der Waals surface area contributed by atoms with Crippen LogP contribution in [0.3, 0.4) is 0 Å². The van der Waals surface area contributed by atoms with Crippen molar-refractivity contribution in [2.24, 2.45) is 0 Å². The molecule has 6 aromatic carbocycles. The number of nitrogens with zero attached hydrogens (tertiary/aromatic N) is 4. The van der Waals surface area contributed by atoms with E-state index in [9.17, 15) is 0 Å². The molecule has 0 N–H and O–H groups in total. The summed E-state index contributed by atoms with van der Waals surface area (Å²) >= 11 is 0. The minimum atomic E-state index is -0.332. The molecule has 55 heavy (non-hydrogen) atoms. The smallest absolute Gasteiger partial charge is 0.138 e. The summed E-state index contributed by atoms with van der Waals surface area (Å²) in [5.41, 5.74) is 13.6. The van der Waals surface area contributed by atoms with Gasteiger partial charge in [-0.2, -0.15) is 10.1 Å². The fourth-order valence-electron chi connectivity index (χ4n) is 8.29. The Kier molecular flexibility index (Phi) is 8.55. The van der Waals surface area contributed by atoms with Gasteiger partial charge in [-0.25, -0.2) is 4.98 Å². The van der Waals surface area contributed by atoms with Gasteiger partial charge < -0.3 is 0 Å². The van der Waals surface area contributed by atoms with Gasteiger partial charge in [-0.05, 0) is 106 Å². The lowest BCUT2D eigenvalue weighted by Crippen LogP contribution is -2.22. The van der Waals surface area contributed by atoms with E-state index in [4.69, 9.17) is 9.92 Å². The molecule has 0 aliphatic carbocycles. The molecule has 0 radical (unpaired) electrons. The fourth-order valence-corrected chi connectivity index (χ4v) is 8.29. The van der Waals surface area contributed by atoms with Gasteiger partial charge in [-0.15, -0.1) is 4.94 Å². The van der Waals surface area contributed by atoms with Crippen LogP contribution in [0, 0.1) is 0 Å². The Labute approximate surface area is 324 Å². The molecule has 0 atom stereocenters. The third-order valence-corrected chi connectivity index (χ3v) is 11.3. The molecule has 0 fully saturated rings. The Morgan fingerprint density at radius 2 is 1.13 bits per heavy atom. The van der Waals surface area contributed by atoms with E-state index in [-0.39, 0.29) is 5.41 Å². The fraction of sp³-hybridized carbons (Fsp3) is 0.180. The van der Waals surface area contributed by atoms with E-state index in [0.29, 0.717) is 11.8 Å². The molecule has 0 spiro atoms. The molecule has 0 saturated heterocycles. The summed E-state index contributed by atoms with van der Waals surface area (Å²) in [6, 6.07) is 54.2. The molecule has 0 bridgehead atoms. The molecule has 0 saturated carbocycles. The number of rotatable bonds is 8. The second-order valence-corrected chi connectivity index (χ2v) is 15.8. The number of hydrogen-bond donors (Lipinski definition) is 0. The Balaban J connectivity index is 1.15. The molecule has 9 rings (SSSR count). The normalized spacial score (nSPS) is 13.1. The van der Waals surface area contributed by atoms with E-state index in [0.717, 1.165) is 39.6 Å². The Bertz CT molecular complexity index is 2660. The number of hydrogen-bond acceptors (Lipinski definition) is 4. The third kappa shape index (κ3) is 5.87. The van der Waals surface area contributed by atoms with Crippen LogP contribution in [0.25, 0.3) is 38.8 Å². The van der Waals surface area contributed by atoms with E-state index < -0.39 is 0 Å². The van der Waals surface area contributed by atoms with Crippen LogP contribution in [-0.2, 0) is 10.4 Å². The Hall–Kier alpha value is -6.17. The zero-order chi connectivity index (χ0) is 37.8. The number of anilines is 4. The van der Waals surface area contributed by atoms with Gasteiger partial charge in [0.25, 0.3) is 0 Å². The first-order valence-corrected chi connectivity index (χ1v) is 19.4. The van der Waals surface area contributed by atoms with Crippen molar-refractivity contribution in [1.82, 2.24) is 9.55 Å². The standard InChI is InChI=1S/C50H46N4O/c1-33(2)40-21-15-22-41(34(3)4)49(40)35-28-29-51-48(30-35)52-44-23-11-10-20-42(44)43-27-26-37(32-47(43)52)50(5,6)36-16-14-19-39(31-36)54-46-25-13-12-24-45(46)53(55-54)38-17-8-7-9-18-38/h7-34H,1-6H3. The van der Waals surface area contributed by atoms with Crippen molar-refractivity contribution in [2.75, 3.05) is 10.1 Å². The molecule has 1 aliphatic rings. The average Bonchev–Trinajstić information content (AvgIpc) is 3.77. The number of fused-ring (bicyclic) bond motifs is 4. The zero-order valence-corrected chi connectivity index (χ0v) is 32.4. The van der Waals surface area contributed by atoms with Gasteiger partial charge in [0, 0.05) is 22.4 Å². The topological polar surface area (TPSA) is 33.5 Å². The molecule has 0 unspecified atom stereocenters. The highest BCUT2D eigenvalue weighted by atomic mass is 16.8. The van der Waals surface area contributed by atoms with E-state index in [1.807, 2.05) is 34.5 Å². The number of para-hydroxylation sites is 4. The van der Waals surface area contributed by atoms with Crippen molar-refractivity contribution >= 4 is 44.6 Å². The molecule has 5 nitrogen and oxygen atoms in total. The Morgan fingerprint density at radius 3 is 1.85 bits per heavy atom. The maximum Gasteiger partial charge on any atom is 0.138 e. The molecule has 1 aliphatic heterocycles. The minimum Gasteiger partial charge on any atom is -0.294 e. The van der Waals surface area contributed by atoms with Crippen LogP contribution in [0.15, 0.2) is 158 Å². The number of benzene rings is 6. The van der Waals surface area contributed by atoms with E-state index in [2.05, 4.69) is 180 Å². The predicted molar refractivity (Wildman–Crippen MR) is 229 cm³/mol. The summed E-state index contributed by atoms with van der Waals surface area (Å²) in [6.45, 7) is 13.8. The largest absolute Gasteiger partial charge is 0.294 e. The van der Waals surface area contributed by atoms with Gasteiger partial charge in [0.2, 0.25) is 0 Å². The van der Waals surface area contributed by atoms with Crippen molar-refractivity contribution in [3.05, 3.63) is 180 Å². The monoisotopic (exact) mass is 718 g/mol. The highest BCUT2D eigenvalue weighted by Crippen LogP contribution is 2.46. The summed E-state index contributed by atoms with van der Waals surface area (Å²) in [5.74, 6) is 1.72. The first-order chi connectivity index (χ1) is 26.7. The first-order valence-electron chi connectivity index (χ1n) is 19.4. The summed E-state index contributed by atoms with van der Waals surface area (Å²) in [7, 11) is 0.